The van der Waals surface area contributed by atoms with E-state index in [1.165, 1.54) is 11.8 Å². The zero-order valence-corrected chi connectivity index (χ0v) is 19.4. The molecular weight excluding hydrogens is 444 g/mol. The van der Waals surface area contributed by atoms with Crippen LogP contribution >= 0.6 is 11.8 Å². The van der Waals surface area contributed by atoms with Gasteiger partial charge in [0.25, 0.3) is 5.56 Å². The molecule has 0 aliphatic carbocycles. The predicted octanol–water partition coefficient (Wildman–Crippen LogP) is 2.40. The van der Waals surface area contributed by atoms with E-state index in [2.05, 4.69) is 15.3 Å². The maximum absolute atomic E-state index is 13.1. The van der Waals surface area contributed by atoms with E-state index in [1.807, 2.05) is 12.1 Å². The first-order chi connectivity index (χ1) is 16.1. The van der Waals surface area contributed by atoms with Gasteiger partial charge in [-0.05, 0) is 42.7 Å². The Morgan fingerprint density at radius 3 is 2.88 bits per heavy atom. The van der Waals surface area contributed by atoms with Gasteiger partial charge in [-0.3, -0.25) is 14.2 Å². The van der Waals surface area contributed by atoms with Gasteiger partial charge in [0.15, 0.2) is 22.3 Å². The smallest absolute Gasteiger partial charge is 0.263 e. The van der Waals surface area contributed by atoms with Gasteiger partial charge in [0.2, 0.25) is 5.91 Å². The molecule has 0 saturated carbocycles. The highest BCUT2D eigenvalue weighted by Gasteiger charge is 2.21. The van der Waals surface area contributed by atoms with E-state index in [0.717, 1.165) is 18.4 Å². The minimum absolute atomic E-state index is 0.0307. The normalized spacial score (nSPS) is 15.5. The van der Waals surface area contributed by atoms with Crippen molar-refractivity contribution in [2.45, 2.75) is 37.2 Å². The molecule has 0 spiro atoms. The zero-order valence-electron chi connectivity index (χ0n) is 18.6. The number of amides is 1. The van der Waals surface area contributed by atoms with E-state index in [1.54, 1.807) is 43.2 Å². The summed E-state index contributed by atoms with van der Waals surface area (Å²) in [6, 6.07) is 8.92. The van der Waals surface area contributed by atoms with E-state index in [-0.39, 0.29) is 23.3 Å². The molecule has 1 amide bonds. The van der Waals surface area contributed by atoms with Crippen molar-refractivity contribution in [2.75, 3.05) is 26.6 Å². The molecule has 1 aliphatic heterocycles. The summed E-state index contributed by atoms with van der Waals surface area (Å²) in [5.74, 6) is 1.17. The maximum Gasteiger partial charge on any atom is 0.263 e. The Hall–Kier alpha value is -3.11. The number of pyridine rings is 1. The van der Waals surface area contributed by atoms with Gasteiger partial charge in [-0.25, -0.2) is 9.97 Å². The average Bonchev–Trinajstić information content (AvgIpc) is 3.36. The van der Waals surface area contributed by atoms with Gasteiger partial charge >= 0.3 is 0 Å². The molecule has 1 fully saturated rings. The summed E-state index contributed by atoms with van der Waals surface area (Å²) in [5, 5.41) is 3.81. The summed E-state index contributed by atoms with van der Waals surface area (Å²) in [6.07, 6.45) is 3.44. The Morgan fingerprint density at radius 2 is 2.12 bits per heavy atom. The number of carbonyl (C=O) groups excluding carboxylic acids is 1. The monoisotopic (exact) mass is 470 g/mol. The Balaban J connectivity index is 1.45. The van der Waals surface area contributed by atoms with E-state index in [4.69, 9.17) is 14.2 Å². The van der Waals surface area contributed by atoms with E-state index >= 15 is 0 Å². The lowest BCUT2D eigenvalue weighted by atomic mass is 10.2. The molecule has 3 aromatic rings. The first kappa shape index (κ1) is 23.1. The second kappa shape index (κ2) is 10.7. The van der Waals surface area contributed by atoms with E-state index in [0.29, 0.717) is 47.4 Å². The number of ether oxygens (including phenoxy) is 3. The fourth-order valence-corrected chi connectivity index (χ4v) is 4.50. The van der Waals surface area contributed by atoms with E-state index in [9.17, 15) is 9.59 Å². The fourth-order valence-electron chi connectivity index (χ4n) is 3.67. The third-order valence-electron chi connectivity index (χ3n) is 5.37. The van der Waals surface area contributed by atoms with Crippen LogP contribution in [0.3, 0.4) is 0 Å². The second-order valence-electron chi connectivity index (χ2n) is 7.57. The molecule has 1 atom stereocenters. The minimum atomic E-state index is -0.172. The lowest BCUT2D eigenvalue weighted by molar-refractivity contribution is -0.118. The van der Waals surface area contributed by atoms with Crippen LogP contribution in [0.15, 0.2) is 46.5 Å². The van der Waals surface area contributed by atoms with Crippen molar-refractivity contribution in [3.8, 4) is 11.5 Å². The molecular formula is C23H26N4O5S. The Bertz CT molecular complexity index is 1190. The van der Waals surface area contributed by atoms with Crippen LogP contribution in [0.5, 0.6) is 11.5 Å². The maximum atomic E-state index is 13.1. The number of rotatable bonds is 9. The highest BCUT2D eigenvalue weighted by molar-refractivity contribution is 7.99. The largest absolute Gasteiger partial charge is 0.493 e. The highest BCUT2D eigenvalue weighted by atomic mass is 32.2. The molecule has 3 heterocycles. The number of benzene rings is 1. The van der Waals surface area contributed by atoms with Crippen LogP contribution in [0.25, 0.3) is 11.0 Å². The van der Waals surface area contributed by atoms with Crippen LogP contribution in [-0.4, -0.2) is 53.1 Å². The quantitative estimate of drug-likeness (QED) is 0.376. The van der Waals surface area contributed by atoms with Gasteiger partial charge in [-0.1, -0.05) is 17.8 Å². The number of aromatic nitrogens is 3. The molecule has 1 aliphatic rings. The number of nitrogens with one attached hydrogen (secondary N) is 1. The first-order valence-corrected chi connectivity index (χ1v) is 11.6. The van der Waals surface area contributed by atoms with Crippen molar-refractivity contribution in [1.29, 1.82) is 0 Å². The fraction of sp³-hybridized carbons (Fsp3) is 0.391. The predicted molar refractivity (Wildman–Crippen MR) is 125 cm³/mol. The lowest BCUT2D eigenvalue weighted by Gasteiger charge is -2.16. The molecule has 33 heavy (non-hydrogen) atoms. The van der Waals surface area contributed by atoms with Crippen LogP contribution in [0.1, 0.15) is 18.4 Å². The molecule has 10 heteroatoms. The summed E-state index contributed by atoms with van der Waals surface area (Å²) in [4.78, 5) is 34.4. The van der Waals surface area contributed by atoms with E-state index < -0.39 is 0 Å². The van der Waals surface area contributed by atoms with Gasteiger partial charge in [0.05, 0.1) is 38.0 Å². The van der Waals surface area contributed by atoms with Crippen molar-refractivity contribution in [3.05, 3.63) is 52.4 Å². The number of carbonyl (C=O) groups is 1. The molecule has 1 saturated heterocycles. The standard InChI is InChI=1S/C23H26N4O5S/c1-30-18-8-7-15(11-19(18)31-2)12-25-20(28)14-33-23-26-21-17(6-3-9-24-21)22(29)27(23)13-16-5-4-10-32-16/h3,6-9,11,16H,4-5,10,12-14H2,1-2H3,(H,25,28). The number of thioether (sulfide) groups is 1. The summed E-state index contributed by atoms with van der Waals surface area (Å²) in [5.41, 5.74) is 1.09. The lowest BCUT2D eigenvalue weighted by Crippen LogP contribution is -2.30. The van der Waals surface area contributed by atoms with Gasteiger partial charge in [0.1, 0.15) is 0 Å². The van der Waals surface area contributed by atoms with Crippen molar-refractivity contribution in [1.82, 2.24) is 19.9 Å². The number of hydrogen-bond donors (Lipinski definition) is 1. The Kier molecular flexibility index (Phi) is 7.46. The molecule has 1 unspecified atom stereocenters. The number of methoxy groups -OCH3 is 2. The summed E-state index contributed by atoms with van der Waals surface area (Å²) >= 11 is 1.22. The molecule has 4 rings (SSSR count). The summed E-state index contributed by atoms with van der Waals surface area (Å²) in [6.45, 7) is 1.45. The van der Waals surface area contributed by atoms with Gasteiger partial charge in [0, 0.05) is 19.3 Å². The third-order valence-corrected chi connectivity index (χ3v) is 6.35. The Labute approximate surface area is 195 Å². The molecule has 0 radical (unpaired) electrons. The van der Waals surface area contributed by atoms with Crippen LogP contribution in [0.4, 0.5) is 0 Å². The van der Waals surface area contributed by atoms with Gasteiger partial charge in [-0.15, -0.1) is 0 Å². The van der Waals surface area contributed by atoms with Crippen LogP contribution in [-0.2, 0) is 22.6 Å². The SMILES string of the molecule is COc1ccc(CNC(=O)CSc2nc3ncccc3c(=O)n2CC2CCCO2)cc1OC. The van der Waals surface area contributed by atoms with Crippen LogP contribution in [0, 0.1) is 0 Å². The topological polar surface area (TPSA) is 105 Å². The minimum Gasteiger partial charge on any atom is -0.493 e. The Morgan fingerprint density at radius 1 is 1.27 bits per heavy atom. The summed E-state index contributed by atoms with van der Waals surface area (Å²) in [7, 11) is 3.14. The number of hydrogen-bond acceptors (Lipinski definition) is 8. The zero-order chi connectivity index (χ0) is 23.2. The summed E-state index contributed by atoms with van der Waals surface area (Å²) < 4.78 is 17.9. The second-order valence-corrected chi connectivity index (χ2v) is 8.52. The van der Waals surface area contributed by atoms with Crippen molar-refractivity contribution < 1.29 is 19.0 Å². The number of nitrogens with zero attached hydrogens (tertiary/aromatic N) is 3. The van der Waals surface area contributed by atoms with Gasteiger partial charge in [-0.2, -0.15) is 0 Å². The van der Waals surface area contributed by atoms with Crippen molar-refractivity contribution >= 4 is 28.7 Å². The third kappa shape index (κ3) is 5.45. The molecule has 9 nitrogen and oxygen atoms in total. The number of fused-ring (bicyclic) bond motifs is 1. The average molecular weight is 471 g/mol. The highest BCUT2D eigenvalue weighted by Crippen LogP contribution is 2.27. The molecule has 174 valence electrons. The van der Waals surface area contributed by atoms with Crippen molar-refractivity contribution in [2.24, 2.45) is 0 Å². The molecule has 1 N–H and O–H groups in total. The van der Waals surface area contributed by atoms with Crippen LogP contribution < -0.4 is 20.3 Å². The van der Waals surface area contributed by atoms with Gasteiger partial charge < -0.3 is 19.5 Å². The van der Waals surface area contributed by atoms with Crippen LogP contribution in [0.2, 0.25) is 0 Å². The molecule has 2 aromatic heterocycles. The molecule has 0 bridgehead atoms. The van der Waals surface area contributed by atoms with Crippen molar-refractivity contribution in [3.63, 3.8) is 0 Å². The molecule has 1 aromatic carbocycles. The first-order valence-electron chi connectivity index (χ1n) is 10.7.